The lowest BCUT2D eigenvalue weighted by Gasteiger charge is -2.01. The van der Waals surface area contributed by atoms with Crippen molar-refractivity contribution in [1.29, 1.82) is 0 Å². The van der Waals surface area contributed by atoms with E-state index in [1.807, 2.05) is 0 Å². The summed E-state index contributed by atoms with van der Waals surface area (Å²) in [5.74, 6) is 0.0558. The highest BCUT2D eigenvalue weighted by molar-refractivity contribution is 5.66. The van der Waals surface area contributed by atoms with E-state index in [2.05, 4.69) is 0 Å². The van der Waals surface area contributed by atoms with Crippen LogP contribution in [0.3, 0.4) is 0 Å². The Hall–Kier alpha value is -1.35. The van der Waals surface area contributed by atoms with Crippen molar-refractivity contribution in [1.82, 2.24) is 0 Å². The predicted octanol–water partition coefficient (Wildman–Crippen LogP) is 1.69. The Morgan fingerprint density at radius 2 is 2.25 bits per heavy atom. The third kappa shape index (κ3) is 1.83. The molecule has 0 saturated carbocycles. The molecule has 2 N–H and O–H groups in total. The third-order valence-corrected chi connectivity index (χ3v) is 1.52. The van der Waals surface area contributed by atoms with Gasteiger partial charge in [0.15, 0.2) is 0 Å². The van der Waals surface area contributed by atoms with Gasteiger partial charge in [-0.15, -0.1) is 0 Å². The van der Waals surface area contributed by atoms with Crippen molar-refractivity contribution in [2.24, 2.45) is 0 Å². The molecule has 1 aromatic carbocycles. The molecule has 0 saturated heterocycles. The SMILES string of the molecule is OC/C(=C/F)c1cccc(O)c1. The lowest BCUT2D eigenvalue weighted by molar-refractivity contribution is 0.348. The minimum Gasteiger partial charge on any atom is -0.508 e. The van der Waals surface area contributed by atoms with Gasteiger partial charge in [-0.1, -0.05) is 12.1 Å². The molecule has 0 fully saturated rings. The monoisotopic (exact) mass is 168 g/mol. The van der Waals surface area contributed by atoms with Crippen LogP contribution >= 0.6 is 0 Å². The van der Waals surface area contributed by atoms with Crippen molar-refractivity contribution in [2.75, 3.05) is 6.61 Å². The minimum absolute atomic E-state index is 0.0558. The van der Waals surface area contributed by atoms with E-state index in [4.69, 9.17) is 10.2 Å². The van der Waals surface area contributed by atoms with Gasteiger partial charge in [-0.05, 0) is 17.7 Å². The lowest BCUT2D eigenvalue weighted by Crippen LogP contribution is -1.88. The number of hydrogen-bond donors (Lipinski definition) is 2. The van der Waals surface area contributed by atoms with Crippen LogP contribution in [0, 0.1) is 0 Å². The number of halogens is 1. The van der Waals surface area contributed by atoms with Gasteiger partial charge in [0.25, 0.3) is 0 Å². The van der Waals surface area contributed by atoms with Gasteiger partial charge in [0.1, 0.15) is 5.75 Å². The number of benzene rings is 1. The number of hydrogen-bond acceptors (Lipinski definition) is 2. The lowest BCUT2D eigenvalue weighted by atomic mass is 10.1. The van der Waals surface area contributed by atoms with Crippen LogP contribution < -0.4 is 0 Å². The first-order chi connectivity index (χ1) is 5.77. The fourth-order valence-electron chi connectivity index (χ4n) is 0.894. The zero-order chi connectivity index (χ0) is 8.97. The summed E-state index contributed by atoms with van der Waals surface area (Å²) in [6, 6.07) is 6.07. The summed E-state index contributed by atoms with van der Waals surface area (Å²) < 4.78 is 12.1. The van der Waals surface area contributed by atoms with Crippen molar-refractivity contribution in [2.45, 2.75) is 0 Å². The molecule has 0 bridgehead atoms. The molecule has 1 aromatic rings. The zero-order valence-electron chi connectivity index (χ0n) is 6.37. The zero-order valence-corrected chi connectivity index (χ0v) is 6.37. The maximum Gasteiger partial charge on any atom is 0.116 e. The molecular formula is C9H9FO2. The molecule has 0 aliphatic heterocycles. The minimum atomic E-state index is -0.375. The summed E-state index contributed by atoms with van der Waals surface area (Å²) in [5, 5.41) is 17.7. The molecule has 0 amide bonds. The fourth-order valence-corrected chi connectivity index (χ4v) is 0.894. The van der Waals surface area contributed by atoms with Crippen LogP contribution in [-0.2, 0) is 0 Å². The second kappa shape index (κ2) is 3.88. The first-order valence-corrected chi connectivity index (χ1v) is 3.47. The molecule has 3 heteroatoms. The Morgan fingerprint density at radius 1 is 1.50 bits per heavy atom. The Kier molecular flexibility index (Phi) is 2.82. The Balaban J connectivity index is 3.02. The van der Waals surface area contributed by atoms with Crippen molar-refractivity contribution in [3.63, 3.8) is 0 Å². The van der Waals surface area contributed by atoms with Crippen molar-refractivity contribution in [3.8, 4) is 5.75 Å². The van der Waals surface area contributed by atoms with Crippen LogP contribution in [-0.4, -0.2) is 16.8 Å². The maximum absolute atomic E-state index is 12.1. The molecule has 12 heavy (non-hydrogen) atoms. The van der Waals surface area contributed by atoms with Gasteiger partial charge in [0, 0.05) is 5.57 Å². The van der Waals surface area contributed by atoms with E-state index in [0.717, 1.165) is 0 Å². The van der Waals surface area contributed by atoms with E-state index >= 15 is 0 Å². The average Bonchev–Trinajstić information content (AvgIpc) is 2.07. The fraction of sp³-hybridized carbons (Fsp3) is 0.111. The Labute approximate surface area is 69.6 Å². The van der Waals surface area contributed by atoms with Gasteiger partial charge >= 0.3 is 0 Å². The molecule has 64 valence electrons. The highest BCUT2D eigenvalue weighted by Crippen LogP contribution is 2.18. The van der Waals surface area contributed by atoms with E-state index in [1.54, 1.807) is 12.1 Å². The number of aliphatic hydroxyl groups excluding tert-OH is 1. The van der Waals surface area contributed by atoms with Gasteiger partial charge in [-0.2, -0.15) is 0 Å². The Morgan fingerprint density at radius 3 is 2.75 bits per heavy atom. The van der Waals surface area contributed by atoms with Crippen LogP contribution in [0.4, 0.5) is 4.39 Å². The summed E-state index contributed by atoms with van der Waals surface area (Å²) in [6.07, 6.45) is 0.328. The predicted molar refractivity (Wildman–Crippen MR) is 44.3 cm³/mol. The third-order valence-electron chi connectivity index (χ3n) is 1.52. The van der Waals surface area contributed by atoms with Crippen LogP contribution in [0.25, 0.3) is 5.57 Å². The number of rotatable bonds is 2. The van der Waals surface area contributed by atoms with Crippen LogP contribution in [0.5, 0.6) is 5.75 Å². The molecule has 0 radical (unpaired) electrons. The average molecular weight is 168 g/mol. The van der Waals surface area contributed by atoms with Crippen LogP contribution in [0.2, 0.25) is 0 Å². The molecule has 0 unspecified atom stereocenters. The molecule has 0 atom stereocenters. The molecule has 1 rings (SSSR count). The van der Waals surface area contributed by atoms with E-state index in [0.29, 0.717) is 11.9 Å². The van der Waals surface area contributed by atoms with Gasteiger partial charge in [-0.25, -0.2) is 4.39 Å². The summed E-state index contributed by atoms with van der Waals surface area (Å²) in [6.45, 7) is -0.375. The quantitative estimate of drug-likeness (QED) is 0.705. The number of phenolic OH excluding ortho intramolecular Hbond substituents is 1. The van der Waals surface area contributed by atoms with Crippen molar-refractivity contribution in [3.05, 3.63) is 36.2 Å². The summed E-state index contributed by atoms with van der Waals surface area (Å²) in [7, 11) is 0. The number of phenols is 1. The summed E-state index contributed by atoms with van der Waals surface area (Å²) in [4.78, 5) is 0. The van der Waals surface area contributed by atoms with Crippen molar-refractivity contribution >= 4 is 5.57 Å². The first-order valence-electron chi connectivity index (χ1n) is 3.47. The largest absolute Gasteiger partial charge is 0.508 e. The molecule has 0 spiro atoms. The molecule has 0 aliphatic carbocycles. The van der Waals surface area contributed by atoms with Gasteiger partial charge in [0.05, 0.1) is 12.9 Å². The normalized spacial score (nSPS) is 11.7. The van der Waals surface area contributed by atoms with Crippen LogP contribution in [0.15, 0.2) is 30.6 Å². The summed E-state index contributed by atoms with van der Waals surface area (Å²) in [5.41, 5.74) is 0.644. The summed E-state index contributed by atoms with van der Waals surface area (Å²) >= 11 is 0. The van der Waals surface area contributed by atoms with Crippen molar-refractivity contribution < 1.29 is 14.6 Å². The second-order valence-electron chi connectivity index (χ2n) is 2.34. The van der Waals surface area contributed by atoms with E-state index in [-0.39, 0.29) is 17.9 Å². The van der Waals surface area contributed by atoms with E-state index in [1.165, 1.54) is 12.1 Å². The van der Waals surface area contributed by atoms with Gasteiger partial charge in [-0.3, -0.25) is 0 Å². The smallest absolute Gasteiger partial charge is 0.116 e. The molecule has 0 aromatic heterocycles. The Bertz CT molecular complexity index is 294. The number of aromatic hydroxyl groups is 1. The highest BCUT2D eigenvalue weighted by atomic mass is 19.1. The number of aliphatic hydroxyl groups is 1. The van der Waals surface area contributed by atoms with E-state index < -0.39 is 0 Å². The standard InChI is InChI=1S/C9H9FO2/c10-5-8(6-11)7-2-1-3-9(12)4-7/h1-5,11-12H,6H2/b8-5-. The molecule has 2 nitrogen and oxygen atoms in total. The van der Waals surface area contributed by atoms with E-state index in [9.17, 15) is 4.39 Å². The van der Waals surface area contributed by atoms with Gasteiger partial charge < -0.3 is 10.2 Å². The first kappa shape index (κ1) is 8.74. The topological polar surface area (TPSA) is 40.5 Å². The maximum atomic E-state index is 12.1. The molecule has 0 heterocycles. The molecule has 0 aliphatic rings. The van der Waals surface area contributed by atoms with Crippen LogP contribution in [0.1, 0.15) is 5.56 Å². The van der Waals surface area contributed by atoms with Gasteiger partial charge in [0.2, 0.25) is 0 Å². The molecular weight excluding hydrogens is 159 g/mol. The highest BCUT2D eigenvalue weighted by Gasteiger charge is 2.00. The second-order valence-corrected chi connectivity index (χ2v) is 2.34.